The number of anilines is 3. The summed E-state index contributed by atoms with van der Waals surface area (Å²) in [6.07, 6.45) is 1.68. The minimum absolute atomic E-state index is 0.0327. The number of pyridine rings is 1. The monoisotopic (exact) mass is 381 g/mol. The highest BCUT2D eigenvalue weighted by atomic mass is 32.1. The van der Waals surface area contributed by atoms with Gasteiger partial charge in [0.1, 0.15) is 11.5 Å². The standard InChI is InChI=1S/C19H19N5O2S/c1-13(25)24(2)15-8-6-14(7-9-15)11-21-18(26)16-12-27-19(22-16)23-17-5-3-4-10-20-17/h3-10,12H,11H2,1-2H3,(H,21,26)(H,20,22,23). The SMILES string of the molecule is CC(=O)N(C)c1ccc(CNC(=O)c2csc(Nc3ccccn3)n2)cc1. The van der Waals surface area contributed by atoms with Gasteiger partial charge in [-0.2, -0.15) is 0 Å². The second-order valence-electron chi connectivity index (χ2n) is 5.81. The molecule has 0 aliphatic heterocycles. The lowest BCUT2D eigenvalue weighted by Gasteiger charge is -2.15. The Bertz CT molecular complexity index is 925. The van der Waals surface area contributed by atoms with Crippen LogP contribution in [0.25, 0.3) is 0 Å². The number of benzene rings is 1. The van der Waals surface area contributed by atoms with E-state index in [1.807, 2.05) is 42.5 Å². The molecule has 0 unspecified atom stereocenters. The summed E-state index contributed by atoms with van der Waals surface area (Å²) in [5, 5.41) is 8.21. The van der Waals surface area contributed by atoms with Gasteiger partial charge in [0, 0.05) is 37.8 Å². The maximum absolute atomic E-state index is 12.3. The molecule has 0 saturated heterocycles. The normalized spacial score (nSPS) is 10.3. The molecule has 0 atom stereocenters. The molecule has 0 fully saturated rings. The number of amides is 2. The highest BCUT2D eigenvalue weighted by Gasteiger charge is 2.11. The minimum atomic E-state index is -0.245. The van der Waals surface area contributed by atoms with E-state index in [0.29, 0.717) is 23.2 Å². The van der Waals surface area contributed by atoms with Gasteiger partial charge in [-0.3, -0.25) is 9.59 Å². The van der Waals surface area contributed by atoms with Crippen molar-refractivity contribution in [2.45, 2.75) is 13.5 Å². The Morgan fingerprint density at radius 3 is 2.59 bits per heavy atom. The molecule has 0 aliphatic rings. The molecular weight excluding hydrogens is 362 g/mol. The van der Waals surface area contributed by atoms with Crippen molar-refractivity contribution in [2.75, 3.05) is 17.3 Å². The zero-order valence-electron chi connectivity index (χ0n) is 15.0. The van der Waals surface area contributed by atoms with Gasteiger partial charge in [0.2, 0.25) is 5.91 Å². The molecule has 138 valence electrons. The minimum Gasteiger partial charge on any atom is -0.347 e. The van der Waals surface area contributed by atoms with E-state index in [0.717, 1.165) is 11.3 Å². The van der Waals surface area contributed by atoms with E-state index in [4.69, 9.17) is 0 Å². The third-order valence-electron chi connectivity index (χ3n) is 3.89. The van der Waals surface area contributed by atoms with Crippen molar-refractivity contribution in [3.8, 4) is 0 Å². The zero-order valence-corrected chi connectivity index (χ0v) is 15.8. The molecule has 27 heavy (non-hydrogen) atoms. The van der Waals surface area contributed by atoms with Crippen LogP contribution in [0, 0.1) is 0 Å². The lowest BCUT2D eigenvalue weighted by Crippen LogP contribution is -2.24. The van der Waals surface area contributed by atoms with Gasteiger partial charge in [0.25, 0.3) is 5.91 Å². The zero-order chi connectivity index (χ0) is 19.2. The van der Waals surface area contributed by atoms with E-state index in [-0.39, 0.29) is 11.8 Å². The van der Waals surface area contributed by atoms with Crippen LogP contribution >= 0.6 is 11.3 Å². The van der Waals surface area contributed by atoms with Crippen LogP contribution in [0.2, 0.25) is 0 Å². The first-order valence-electron chi connectivity index (χ1n) is 8.28. The predicted octanol–water partition coefficient (Wildman–Crippen LogP) is 3.19. The summed E-state index contributed by atoms with van der Waals surface area (Å²) in [5.41, 5.74) is 2.10. The summed E-state index contributed by atoms with van der Waals surface area (Å²) in [7, 11) is 1.72. The number of carbonyl (C=O) groups excluding carboxylic acids is 2. The molecule has 0 bridgehead atoms. The summed E-state index contributed by atoms with van der Waals surface area (Å²) < 4.78 is 0. The van der Waals surface area contributed by atoms with Crippen molar-refractivity contribution in [1.82, 2.24) is 15.3 Å². The van der Waals surface area contributed by atoms with Crippen LogP contribution in [0.3, 0.4) is 0 Å². The third kappa shape index (κ3) is 4.89. The number of carbonyl (C=O) groups is 2. The fourth-order valence-electron chi connectivity index (χ4n) is 2.27. The molecule has 0 aliphatic carbocycles. The van der Waals surface area contributed by atoms with E-state index >= 15 is 0 Å². The van der Waals surface area contributed by atoms with Crippen molar-refractivity contribution in [2.24, 2.45) is 0 Å². The summed E-state index contributed by atoms with van der Waals surface area (Å²) in [6.45, 7) is 1.89. The Morgan fingerprint density at radius 2 is 1.93 bits per heavy atom. The summed E-state index contributed by atoms with van der Waals surface area (Å²) in [6, 6.07) is 13.0. The van der Waals surface area contributed by atoms with Gasteiger partial charge < -0.3 is 15.5 Å². The number of nitrogens with one attached hydrogen (secondary N) is 2. The maximum atomic E-state index is 12.3. The topological polar surface area (TPSA) is 87.2 Å². The smallest absolute Gasteiger partial charge is 0.271 e. The highest BCUT2D eigenvalue weighted by molar-refractivity contribution is 7.14. The van der Waals surface area contributed by atoms with Gasteiger partial charge in [-0.05, 0) is 29.8 Å². The maximum Gasteiger partial charge on any atom is 0.271 e. The van der Waals surface area contributed by atoms with Gasteiger partial charge in [-0.25, -0.2) is 9.97 Å². The molecule has 1 aromatic carbocycles. The molecule has 0 spiro atoms. The van der Waals surface area contributed by atoms with Crippen molar-refractivity contribution < 1.29 is 9.59 Å². The lowest BCUT2D eigenvalue weighted by molar-refractivity contribution is -0.116. The van der Waals surface area contributed by atoms with Crippen molar-refractivity contribution in [3.63, 3.8) is 0 Å². The first-order chi connectivity index (χ1) is 13.0. The molecule has 2 aromatic heterocycles. The second-order valence-corrected chi connectivity index (χ2v) is 6.66. The Morgan fingerprint density at radius 1 is 1.15 bits per heavy atom. The van der Waals surface area contributed by atoms with E-state index in [9.17, 15) is 9.59 Å². The van der Waals surface area contributed by atoms with Crippen LogP contribution in [0.15, 0.2) is 54.0 Å². The Hall–Kier alpha value is -3.26. The Labute approximate surface area is 161 Å². The van der Waals surface area contributed by atoms with Crippen LogP contribution in [0.5, 0.6) is 0 Å². The predicted molar refractivity (Wildman–Crippen MR) is 106 cm³/mol. The fourth-order valence-corrected chi connectivity index (χ4v) is 2.97. The molecule has 7 nitrogen and oxygen atoms in total. The molecular formula is C19H19N5O2S. The number of rotatable bonds is 6. The average Bonchev–Trinajstić information content (AvgIpc) is 3.15. The van der Waals surface area contributed by atoms with Gasteiger partial charge in [-0.1, -0.05) is 18.2 Å². The summed E-state index contributed by atoms with van der Waals surface area (Å²) >= 11 is 1.34. The van der Waals surface area contributed by atoms with Crippen molar-refractivity contribution in [3.05, 3.63) is 65.3 Å². The second kappa shape index (κ2) is 8.41. The fraction of sp³-hybridized carbons (Fsp3) is 0.158. The molecule has 2 heterocycles. The van der Waals surface area contributed by atoms with E-state index in [1.165, 1.54) is 18.3 Å². The number of nitrogens with zero attached hydrogens (tertiary/aromatic N) is 3. The van der Waals surface area contributed by atoms with Gasteiger partial charge >= 0.3 is 0 Å². The summed E-state index contributed by atoms with van der Waals surface area (Å²) in [5.74, 6) is 0.398. The molecule has 3 aromatic rings. The molecule has 0 radical (unpaired) electrons. The van der Waals surface area contributed by atoms with E-state index < -0.39 is 0 Å². The Kier molecular flexibility index (Phi) is 5.77. The van der Waals surface area contributed by atoms with Crippen molar-refractivity contribution in [1.29, 1.82) is 0 Å². The van der Waals surface area contributed by atoms with E-state index in [2.05, 4.69) is 20.6 Å². The van der Waals surface area contributed by atoms with Crippen molar-refractivity contribution >= 4 is 39.8 Å². The van der Waals surface area contributed by atoms with E-state index in [1.54, 1.807) is 23.5 Å². The Balaban J connectivity index is 1.56. The summed E-state index contributed by atoms with van der Waals surface area (Å²) in [4.78, 5) is 33.7. The van der Waals surface area contributed by atoms with Crippen LogP contribution in [-0.2, 0) is 11.3 Å². The van der Waals surface area contributed by atoms with Crippen LogP contribution in [0.1, 0.15) is 23.0 Å². The molecule has 2 N–H and O–H groups in total. The number of hydrogen-bond acceptors (Lipinski definition) is 6. The molecule has 3 rings (SSSR count). The molecule has 2 amide bonds. The average molecular weight is 381 g/mol. The third-order valence-corrected chi connectivity index (χ3v) is 4.64. The van der Waals surface area contributed by atoms with Gasteiger partial charge in [-0.15, -0.1) is 11.3 Å². The van der Waals surface area contributed by atoms with Gasteiger partial charge in [0.05, 0.1) is 0 Å². The quantitative estimate of drug-likeness (QED) is 0.685. The van der Waals surface area contributed by atoms with Crippen LogP contribution in [0.4, 0.5) is 16.6 Å². The first-order valence-corrected chi connectivity index (χ1v) is 9.16. The van der Waals surface area contributed by atoms with Crippen LogP contribution < -0.4 is 15.5 Å². The molecule has 0 saturated carbocycles. The highest BCUT2D eigenvalue weighted by Crippen LogP contribution is 2.19. The lowest BCUT2D eigenvalue weighted by atomic mass is 10.2. The number of thiazole rings is 1. The number of hydrogen-bond donors (Lipinski definition) is 2. The first kappa shape index (κ1) is 18.5. The van der Waals surface area contributed by atoms with Gasteiger partial charge in [0.15, 0.2) is 5.13 Å². The molecule has 8 heteroatoms. The number of aromatic nitrogens is 2. The van der Waals surface area contributed by atoms with Crippen LogP contribution in [-0.4, -0.2) is 28.8 Å². The largest absolute Gasteiger partial charge is 0.347 e.